The van der Waals surface area contributed by atoms with Gasteiger partial charge in [0.15, 0.2) is 0 Å². The molecule has 0 aromatic carbocycles. The fourth-order valence-corrected chi connectivity index (χ4v) is 3.16. The minimum Gasteiger partial charge on any atom is -0.397 e. The second-order valence-electron chi connectivity index (χ2n) is 5.38. The molecule has 1 atom stereocenters. The van der Waals surface area contributed by atoms with Crippen molar-refractivity contribution in [2.24, 2.45) is 0 Å². The van der Waals surface area contributed by atoms with Gasteiger partial charge in [0.1, 0.15) is 11.9 Å². The van der Waals surface area contributed by atoms with Crippen molar-refractivity contribution >= 4 is 11.5 Å². The normalized spacial score (nSPS) is 23.7. The zero-order chi connectivity index (χ0) is 13.2. The summed E-state index contributed by atoms with van der Waals surface area (Å²) in [6.07, 6.45) is 5.53. The average molecular weight is 257 g/mol. The third-order valence-electron chi connectivity index (χ3n) is 4.15. The summed E-state index contributed by atoms with van der Waals surface area (Å²) in [7, 11) is 0. The Labute approximate surface area is 113 Å². The van der Waals surface area contributed by atoms with Gasteiger partial charge in [0.05, 0.1) is 17.4 Å². The lowest BCUT2D eigenvalue weighted by Gasteiger charge is -2.44. The lowest BCUT2D eigenvalue weighted by atomic mass is 9.99. The molecular weight excluding hydrogens is 238 g/mol. The molecule has 2 N–H and O–H groups in total. The van der Waals surface area contributed by atoms with E-state index in [2.05, 4.69) is 20.9 Å². The molecule has 1 aromatic heterocycles. The first-order valence-corrected chi connectivity index (χ1v) is 6.92. The van der Waals surface area contributed by atoms with Gasteiger partial charge in [-0.15, -0.1) is 0 Å². The standard InChI is InChI=1S/C14H19N5/c15-8-11-7-12(16)9-17-14(11)19-6-5-18-4-2-1-3-13(18)10-19/h7,9,13H,1-6,10,16H2. The number of anilines is 2. The summed E-state index contributed by atoms with van der Waals surface area (Å²) in [6, 6.07) is 4.54. The maximum atomic E-state index is 9.22. The third-order valence-corrected chi connectivity index (χ3v) is 4.15. The van der Waals surface area contributed by atoms with Crippen LogP contribution in [0.2, 0.25) is 0 Å². The number of piperidine rings is 1. The summed E-state index contributed by atoms with van der Waals surface area (Å²) in [4.78, 5) is 9.18. The Morgan fingerprint density at radius 2 is 2.21 bits per heavy atom. The predicted octanol–water partition coefficient (Wildman–Crippen LogP) is 1.21. The molecule has 19 heavy (non-hydrogen) atoms. The van der Waals surface area contributed by atoms with E-state index in [1.807, 2.05) is 0 Å². The molecule has 0 saturated carbocycles. The molecule has 3 rings (SSSR count). The first-order valence-electron chi connectivity index (χ1n) is 6.92. The highest BCUT2D eigenvalue weighted by molar-refractivity contribution is 5.59. The molecule has 0 spiro atoms. The van der Waals surface area contributed by atoms with E-state index in [0.717, 1.165) is 25.5 Å². The van der Waals surface area contributed by atoms with Crippen LogP contribution in [-0.2, 0) is 0 Å². The quantitative estimate of drug-likeness (QED) is 0.819. The Bertz CT molecular complexity index is 507. The van der Waals surface area contributed by atoms with Crippen molar-refractivity contribution in [2.45, 2.75) is 25.3 Å². The zero-order valence-electron chi connectivity index (χ0n) is 11.0. The van der Waals surface area contributed by atoms with E-state index in [1.165, 1.54) is 25.8 Å². The minimum atomic E-state index is 0.552. The highest BCUT2D eigenvalue weighted by Crippen LogP contribution is 2.26. The number of nitrogen functional groups attached to an aromatic ring is 1. The van der Waals surface area contributed by atoms with Crippen molar-refractivity contribution < 1.29 is 0 Å². The number of hydrogen-bond donors (Lipinski definition) is 1. The van der Waals surface area contributed by atoms with Crippen LogP contribution in [0.25, 0.3) is 0 Å². The molecule has 5 heteroatoms. The van der Waals surface area contributed by atoms with E-state index >= 15 is 0 Å². The van der Waals surface area contributed by atoms with Gasteiger partial charge in [-0.2, -0.15) is 5.26 Å². The van der Waals surface area contributed by atoms with Crippen LogP contribution in [0.1, 0.15) is 24.8 Å². The predicted molar refractivity (Wildman–Crippen MR) is 74.8 cm³/mol. The Hall–Kier alpha value is -1.80. The molecular formula is C14H19N5. The molecule has 0 amide bonds. The molecule has 5 nitrogen and oxygen atoms in total. The van der Waals surface area contributed by atoms with Gasteiger partial charge in [0, 0.05) is 25.7 Å². The Morgan fingerprint density at radius 3 is 3.05 bits per heavy atom. The van der Waals surface area contributed by atoms with E-state index in [1.54, 1.807) is 12.3 Å². The summed E-state index contributed by atoms with van der Waals surface area (Å²) in [5.74, 6) is 0.793. The van der Waals surface area contributed by atoms with Gasteiger partial charge >= 0.3 is 0 Å². The molecule has 1 unspecified atom stereocenters. The molecule has 2 fully saturated rings. The molecule has 3 heterocycles. The van der Waals surface area contributed by atoms with Crippen molar-refractivity contribution in [1.82, 2.24) is 9.88 Å². The van der Waals surface area contributed by atoms with Crippen LogP contribution in [0.15, 0.2) is 12.3 Å². The molecule has 2 aliphatic rings. The molecule has 100 valence electrons. The number of nitrogens with two attached hydrogens (primary N) is 1. The van der Waals surface area contributed by atoms with Crippen molar-refractivity contribution in [2.75, 3.05) is 36.8 Å². The topological polar surface area (TPSA) is 69.2 Å². The van der Waals surface area contributed by atoms with E-state index < -0.39 is 0 Å². The largest absolute Gasteiger partial charge is 0.397 e. The maximum Gasteiger partial charge on any atom is 0.146 e. The minimum absolute atomic E-state index is 0.552. The van der Waals surface area contributed by atoms with Crippen molar-refractivity contribution in [3.8, 4) is 6.07 Å². The van der Waals surface area contributed by atoms with E-state index in [9.17, 15) is 5.26 Å². The second kappa shape index (κ2) is 5.06. The molecule has 0 bridgehead atoms. The number of rotatable bonds is 1. The van der Waals surface area contributed by atoms with Gasteiger partial charge in [0.2, 0.25) is 0 Å². The summed E-state index contributed by atoms with van der Waals surface area (Å²) in [5.41, 5.74) is 6.84. The van der Waals surface area contributed by atoms with Crippen molar-refractivity contribution in [3.05, 3.63) is 17.8 Å². The highest BCUT2D eigenvalue weighted by atomic mass is 15.3. The number of fused-ring (bicyclic) bond motifs is 1. The Balaban J connectivity index is 1.81. The monoisotopic (exact) mass is 257 g/mol. The fraction of sp³-hybridized carbons (Fsp3) is 0.571. The number of aromatic nitrogens is 1. The number of piperazine rings is 1. The van der Waals surface area contributed by atoms with Gasteiger partial charge in [-0.25, -0.2) is 4.98 Å². The van der Waals surface area contributed by atoms with Crippen LogP contribution in [0.3, 0.4) is 0 Å². The SMILES string of the molecule is N#Cc1cc(N)cnc1N1CCN2CCCCC2C1. The summed E-state index contributed by atoms with van der Waals surface area (Å²) in [6.45, 7) is 4.22. The lowest BCUT2D eigenvalue weighted by molar-refractivity contribution is 0.133. The number of hydrogen-bond acceptors (Lipinski definition) is 5. The third kappa shape index (κ3) is 2.36. The first kappa shape index (κ1) is 12.2. The second-order valence-corrected chi connectivity index (χ2v) is 5.38. The zero-order valence-corrected chi connectivity index (χ0v) is 11.0. The van der Waals surface area contributed by atoms with Crippen LogP contribution in [0.5, 0.6) is 0 Å². The van der Waals surface area contributed by atoms with Gasteiger partial charge < -0.3 is 10.6 Å². The van der Waals surface area contributed by atoms with Crippen LogP contribution in [0.4, 0.5) is 11.5 Å². The molecule has 0 radical (unpaired) electrons. The van der Waals surface area contributed by atoms with Crippen LogP contribution in [0, 0.1) is 11.3 Å². The van der Waals surface area contributed by atoms with Crippen molar-refractivity contribution in [1.29, 1.82) is 5.26 Å². The van der Waals surface area contributed by atoms with Crippen LogP contribution < -0.4 is 10.6 Å². The molecule has 2 aliphatic heterocycles. The van der Waals surface area contributed by atoms with Gasteiger partial charge in [-0.1, -0.05) is 6.42 Å². The van der Waals surface area contributed by atoms with E-state index in [4.69, 9.17) is 5.73 Å². The van der Waals surface area contributed by atoms with Crippen LogP contribution >= 0.6 is 0 Å². The molecule has 1 aromatic rings. The lowest BCUT2D eigenvalue weighted by Crippen LogP contribution is -2.55. The summed E-state index contributed by atoms with van der Waals surface area (Å²) < 4.78 is 0. The number of nitriles is 1. The number of nitrogens with zero attached hydrogens (tertiary/aromatic N) is 4. The number of pyridine rings is 1. The van der Waals surface area contributed by atoms with Gasteiger partial charge in [0.25, 0.3) is 0 Å². The van der Waals surface area contributed by atoms with E-state index in [-0.39, 0.29) is 0 Å². The van der Waals surface area contributed by atoms with Gasteiger partial charge in [-0.3, -0.25) is 4.90 Å². The Kier molecular flexibility index (Phi) is 3.26. The molecule has 0 aliphatic carbocycles. The van der Waals surface area contributed by atoms with Crippen molar-refractivity contribution in [3.63, 3.8) is 0 Å². The highest BCUT2D eigenvalue weighted by Gasteiger charge is 2.30. The smallest absolute Gasteiger partial charge is 0.146 e. The summed E-state index contributed by atoms with van der Waals surface area (Å²) in [5, 5.41) is 9.22. The molecule has 2 saturated heterocycles. The summed E-state index contributed by atoms with van der Waals surface area (Å²) >= 11 is 0. The average Bonchev–Trinajstić information content (AvgIpc) is 2.46. The van der Waals surface area contributed by atoms with Gasteiger partial charge in [-0.05, 0) is 25.5 Å². The van der Waals surface area contributed by atoms with Crippen LogP contribution in [-0.4, -0.2) is 42.1 Å². The maximum absolute atomic E-state index is 9.22. The fourth-order valence-electron chi connectivity index (χ4n) is 3.16. The first-order chi connectivity index (χ1) is 9.28. The Morgan fingerprint density at radius 1 is 1.32 bits per heavy atom. The van der Waals surface area contributed by atoms with E-state index in [0.29, 0.717) is 17.3 Å².